The normalized spacial score (nSPS) is 13.8. The average Bonchev–Trinajstić information content (AvgIpc) is 2.50. The summed E-state index contributed by atoms with van der Waals surface area (Å²) in [4.78, 5) is 13.1. The molecule has 5 nitrogen and oxygen atoms in total. The number of aliphatic carboxylic acids is 1. The van der Waals surface area contributed by atoms with E-state index in [4.69, 9.17) is 14.6 Å². The highest BCUT2D eigenvalue weighted by Crippen LogP contribution is 2.33. The lowest BCUT2D eigenvalue weighted by Gasteiger charge is -2.33. The second-order valence-electron chi connectivity index (χ2n) is 5.11. The van der Waals surface area contributed by atoms with Gasteiger partial charge in [0.2, 0.25) is 0 Å². The van der Waals surface area contributed by atoms with Gasteiger partial charge in [-0.15, -0.1) is 0 Å². The van der Waals surface area contributed by atoms with Gasteiger partial charge in [0.1, 0.15) is 11.5 Å². The van der Waals surface area contributed by atoms with Crippen molar-refractivity contribution in [1.82, 2.24) is 4.90 Å². The van der Waals surface area contributed by atoms with Gasteiger partial charge in [-0.05, 0) is 38.5 Å². The van der Waals surface area contributed by atoms with E-state index in [0.717, 1.165) is 23.5 Å². The first kappa shape index (κ1) is 17.3. The summed E-state index contributed by atoms with van der Waals surface area (Å²) in [6.07, 6.45) is 0.879. The Bertz CT molecular complexity index is 475. The third-order valence-corrected chi connectivity index (χ3v) is 3.86. The third kappa shape index (κ3) is 4.36. The molecule has 21 heavy (non-hydrogen) atoms. The van der Waals surface area contributed by atoms with Crippen molar-refractivity contribution in [2.45, 2.75) is 39.3 Å². The fourth-order valence-electron chi connectivity index (χ4n) is 2.41. The molecule has 0 heterocycles. The van der Waals surface area contributed by atoms with Crippen LogP contribution in [0.5, 0.6) is 11.5 Å². The average molecular weight is 295 g/mol. The molecule has 1 rings (SSSR count). The summed E-state index contributed by atoms with van der Waals surface area (Å²) in [5.74, 6) is 0.642. The third-order valence-electron chi connectivity index (χ3n) is 3.86. The van der Waals surface area contributed by atoms with E-state index < -0.39 is 5.97 Å². The monoisotopic (exact) mass is 295 g/mol. The first-order chi connectivity index (χ1) is 9.94. The molecule has 0 aliphatic heterocycles. The van der Waals surface area contributed by atoms with Gasteiger partial charge in [0, 0.05) is 17.6 Å². The highest BCUT2D eigenvalue weighted by molar-refractivity contribution is 5.69. The lowest BCUT2D eigenvalue weighted by Crippen LogP contribution is -2.39. The topological polar surface area (TPSA) is 59.0 Å². The van der Waals surface area contributed by atoms with E-state index in [9.17, 15) is 4.79 Å². The molecule has 0 aromatic heterocycles. The molecule has 2 atom stereocenters. The zero-order valence-corrected chi connectivity index (χ0v) is 13.4. The van der Waals surface area contributed by atoms with E-state index >= 15 is 0 Å². The Hall–Kier alpha value is -1.75. The van der Waals surface area contributed by atoms with Crippen LogP contribution in [0.1, 0.15) is 38.8 Å². The molecule has 0 fully saturated rings. The van der Waals surface area contributed by atoms with E-state index in [1.807, 2.05) is 36.9 Å². The standard InChI is InChI=1S/C16H25NO4/c1-6-11(2)17(10-16(18)19)12(3)14-9-13(20-4)7-8-15(14)21-5/h7-9,11-12H,6,10H2,1-5H3,(H,18,19). The van der Waals surface area contributed by atoms with Crippen molar-refractivity contribution >= 4 is 5.97 Å². The molecule has 118 valence electrons. The van der Waals surface area contributed by atoms with Crippen LogP contribution in [0.25, 0.3) is 0 Å². The SMILES string of the molecule is CCC(C)N(CC(=O)O)C(C)c1cc(OC)ccc1OC. The zero-order valence-electron chi connectivity index (χ0n) is 13.4. The van der Waals surface area contributed by atoms with E-state index in [1.54, 1.807) is 14.2 Å². The van der Waals surface area contributed by atoms with Gasteiger partial charge in [0.05, 0.1) is 20.8 Å². The molecule has 0 bridgehead atoms. The number of nitrogens with zero attached hydrogens (tertiary/aromatic N) is 1. The molecule has 5 heteroatoms. The molecule has 1 aromatic carbocycles. The van der Waals surface area contributed by atoms with Crippen molar-refractivity contribution in [2.24, 2.45) is 0 Å². The Morgan fingerprint density at radius 1 is 1.29 bits per heavy atom. The number of hydrogen-bond donors (Lipinski definition) is 1. The molecule has 0 saturated carbocycles. The molecule has 1 aromatic rings. The van der Waals surface area contributed by atoms with E-state index in [0.29, 0.717) is 0 Å². The van der Waals surface area contributed by atoms with Crippen LogP contribution in [0.15, 0.2) is 18.2 Å². The minimum Gasteiger partial charge on any atom is -0.497 e. The van der Waals surface area contributed by atoms with Crippen molar-refractivity contribution in [3.63, 3.8) is 0 Å². The first-order valence-electron chi connectivity index (χ1n) is 7.14. The molecular formula is C16H25NO4. The summed E-state index contributed by atoms with van der Waals surface area (Å²) in [5, 5.41) is 9.15. The quantitative estimate of drug-likeness (QED) is 0.799. The molecule has 0 saturated heterocycles. The van der Waals surface area contributed by atoms with Gasteiger partial charge < -0.3 is 14.6 Å². The molecule has 0 spiro atoms. The fraction of sp³-hybridized carbons (Fsp3) is 0.562. The Balaban J connectivity index is 3.17. The number of rotatable bonds is 8. The van der Waals surface area contributed by atoms with Crippen molar-refractivity contribution in [2.75, 3.05) is 20.8 Å². The summed E-state index contributed by atoms with van der Waals surface area (Å²) < 4.78 is 10.7. The highest BCUT2D eigenvalue weighted by atomic mass is 16.5. The number of carbonyl (C=O) groups is 1. The van der Waals surface area contributed by atoms with Crippen molar-refractivity contribution in [3.05, 3.63) is 23.8 Å². The van der Waals surface area contributed by atoms with Crippen LogP contribution < -0.4 is 9.47 Å². The van der Waals surface area contributed by atoms with Crippen LogP contribution in [-0.2, 0) is 4.79 Å². The summed E-state index contributed by atoms with van der Waals surface area (Å²) >= 11 is 0. The Kier molecular flexibility index (Phi) is 6.49. The van der Waals surface area contributed by atoms with E-state index in [2.05, 4.69) is 6.92 Å². The molecule has 0 amide bonds. The number of ether oxygens (including phenoxy) is 2. The lowest BCUT2D eigenvalue weighted by molar-refractivity contribution is -0.139. The van der Waals surface area contributed by atoms with Crippen LogP contribution in [0.3, 0.4) is 0 Å². The van der Waals surface area contributed by atoms with Crippen LogP contribution in [0, 0.1) is 0 Å². The largest absolute Gasteiger partial charge is 0.497 e. The molecule has 0 aliphatic rings. The maximum absolute atomic E-state index is 11.1. The number of carboxylic acids is 1. The van der Waals surface area contributed by atoms with Crippen LogP contribution >= 0.6 is 0 Å². The number of carboxylic acid groups (broad SMARTS) is 1. The van der Waals surface area contributed by atoms with Gasteiger partial charge in [-0.1, -0.05) is 6.92 Å². The van der Waals surface area contributed by atoms with Crippen molar-refractivity contribution < 1.29 is 19.4 Å². The van der Waals surface area contributed by atoms with E-state index in [-0.39, 0.29) is 18.6 Å². The van der Waals surface area contributed by atoms with E-state index in [1.165, 1.54) is 0 Å². The molecule has 0 aliphatic carbocycles. The summed E-state index contributed by atoms with van der Waals surface area (Å²) in [7, 11) is 3.22. The second-order valence-corrected chi connectivity index (χ2v) is 5.11. The Morgan fingerprint density at radius 2 is 1.95 bits per heavy atom. The van der Waals surface area contributed by atoms with Crippen molar-refractivity contribution in [1.29, 1.82) is 0 Å². The van der Waals surface area contributed by atoms with Crippen LogP contribution in [-0.4, -0.2) is 42.8 Å². The summed E-state index contributed by atoms with van der Waals surface area (Å²) in [6, 6.07) is 5.66. The predicted molar refractivity (Wildman–Crippen MR) is 82.1 cm³/mol. The van der Waals surface area contributed by atoms with Gasteiger partial charge in [-0.3, -0.25) is 9.69 Å². The maximum atomic E-state index is 11.1. The second kappa shape index (κ2) is 7.88. The minimum atomic E-state index is -0.830. The van der Waals surface area contributed by atoms with Gasteiger partial charge >= 0.3 is 5.97 Å². The zero-order chi connectivity index (χ0) is 16.0. The van der Waals surface area contributed by atoms with Gasteiger partial charge in [-0.25, -0.2) is 0 Å². The smallest absolute Gasteiger partial charge is 0.317 e. The first-order valence-corrected chi connectivity index (χ1v) is 7.14. The highest BCUT2D eigenvalue weighted by Gasteiger charge is 2.25. The number of methoxy groups -OCH3 is 2. The lowest BCUT2D eigenvalue weighted by atomic mass is 10.0. The predicted octanol–water partition coefficient (Wildman–Crippen LogP) is 2.95. The number of hydrogen-bond acceptors (Lipinski definition) is 4. The van der Waals surface area contributed by atoms with Crippen LogP contribution in [0.4, 0.5) is 0 Å². The summed E-state index contributed by atoms with van der Waals surface area (Å²) in [5.41, 5.74) is 0.929. The minimum absolute atomic E-state index is 0.00344. The van der Waals surface area contributed by atoms with Gasteiger partial charge in [-0.2, -0.15) is 0 Å². The van der Waals surface area contributed by atoms with Crippen LogP contribution in [0.2, 0.25) is 0 Å². The fourth-order valence-corrected chi connectivity index (χ4v) is 2.41. The molecular weight excluding hydrogens is 270 g/mol. The van der Waals surface area contributed by atoms with Crippen molar-refractivity contribution in [3.8, 4) is 11.5 Å². The molecule has 0 radical (unpaired) electrons. The Morgan fingerprint density at radius 3 is 2.43 bits per heavy atom. The summed E-state index contributed by atoms with van der Waals surface area (Å²) in [6.45, 7) is 6.07. The number of benzene rings is 1. The molecule has 2 unspecified atom stereocenters. The Labute approximate surface area is 126 Å². The maximum Gasteiger partial charge on any atom is 0.317 e. The molecule has 1 N–H and O–H groups in total. The van der Waals surface area contributed by atoms with Gasteiger partial charge in [0.25, 0.3) is 0 Å². The van der Waals surface area contributed by atoms with Gasteiger partial charge in [0.15, 0.2) is 0 Å².